The Balaban J connectivity index is 0.994. The Morgan fingerprint density at radius 2 is 1.64 bits per heavy atom. The Kier molecular flexibility index (Phi) is 12.8. The summed E-state index contributed by atoms with van der Waals surface area (Å²) >= 11 is 3.18. The number of hydrogen-bond donors (Lipinski definition) is 3. The number of rotatable bonds is 11. The topological polar surface area (TPSA) is 207 Å². The molecule has 66 heavy (non-hydrogen) atoms. The molecule has 4 aromatic heterocycles. The molecule has 0 spiro atoms. The number of amides is 3. The van der Waals surface area contributed by atoms with Gasteiger partial charge < -0.3 is 25.4 Å². The molecule has 6 aromatic rings. The highest BCUT2D eigenvalue weighted by molar-refractivity contribution is 7.15. The Hall–Kier alpha value is -6.50. The molecular weight excluding hydrogens is 877 g/mol. The van der Waals surface area contributed by atoms with Crippen LogP contribution in [0.25, 0.3) is 26.7 Å². The molecule has 342 valence electrons. The molecule has 3 N–H and O–H groups in total. The lowest BCUT2D eigenvalue weighted by Gasteiger charge is -2.35. The standard InChI is InChI=1S/C48H52N10O6S2/c1-24-27(4)66-47-39(24)40(53-34(19-38(60)64-9)43-56-55-28(5)58(43)47)31-14-12-30(13-15-31)35-20-49-21-36(52-35)44(61)54-42(48(6,7)8)46(63)57-22-33(59)18-37(57)45(62)51-25(2)29-10-16-32(17-11-29)41-26(3)50-23-65-41/h10-17,20-21,23,25,33-34,37,42,59H,18-19,22H2,1-9H3,(H,51,62)(H,54,61)/t25-,33+,34-,37-,42+/m0/s1. The van der Waals surface area contributed by atoms with Crippen LogP contribution in [-0.2, 0) is 19.1 Å². The number of hydrogen-bond acceptors (Lipinski definition) is 14. The number of carbonyl (C=O) groups is 4. The average Bonchev–Trinajstić information content (AvgIpc) is 4.07. The fraction of sp³-hybridized carbons (Fsp3) is 0.375. The summed E-state index contributed by atoms with van der Waals surface area (Å²) in [6, 6.07) is 12.4. The van der Waals surface area contributed by atoms with E-state index in [2.05, 4.69) is 49.6 Å². The van der Waals surface area contributed by atoms with Crippen LogP contribution >= 0.6 is 22.7 Å². The third-order valence-electron chi connectivity index (χ3n) is 12.2. The van der Waals surface area contributed by atoms with Crippen molar-refractivity contribution in [1.29, 1.82) is 0 Å². The van der Waals surface area contributed by atoms with Crippen LogP contribution in [0.15, 0.2) is 71.4 Å². The SMILES string of the molecule is COC(=O)C[C@@H]1N=C(c2ccc(-c3cncc(C(=O)N[C@H](C(=O)N4C[C@H](O)C[C@H]4C(=O)N[C@@H](C)c4ccc(-c5scnc5C)cc4)C(C)(C)C)n3)cc2)c2c(sc(C)c2C)-n2c(C)nnc21. The lowest BCUT2D eigenvalue weighted by atomic mass is 9.85. The predicted octanol–water partition coefficient (Wildman–Crippen LogP) is 6.58. The molecule has 2 aliphatic heterocycles. The lowest BCUT2D eigenvalue weighted by Crippen LogP contribution is -2.58. The number of thiazole rings is 1. The molecule has 0 radical (unpaired) electrons. The largest absolute Gasteiger partial charge is 0.469 e. The zero-order valence-corrected chi connectivity index (χ0v) is 39.9. The van der Waals surface area contributed by atoms with Gasteiger partial charge in [-0.05, 0) is 56.7 Å². The summed E-state index contributed by atoms with van der Waals surface area (Å²) < 4.78 is 7.00. The van der Waals surface area contributed by atoms with Gasteiger partial charge in [0.05, 0.1) is 65.6 Å². The van der Waals surface area contributed by atoms with Crippen molar-refractivity contribution in [2.24, 2.45) is 10.4 Å². The number of aliphatic hydroxyl groups is 1. The third kappa shape index (κ3) is 9.04. The molecule has 0 unspecified atom stereocenters. The molecule has 2 aromatic carbocycles. The van der Waals surface area contributed by atoms with Crippen LogP contribution in [0.3, 0.4) is 0 Å². The maximum Gasteiger partial charge on any atom is 0.308 e. The van der Waals surface area contributed by atoms with Crippen molar-refractivity contribution in [3.05, 3.63) is 117 Å². The summed E-state index contributed by atoms with van der Waals surface area (Å²) in [6.07, 6.45) is 2.01. The Labute approximate surface area is 390 Å². The van der Waals surface area contributed by atoms with Crippen molar-refractivity contribution in [3.63, 3.8) is 0 Å². The molecule has 5 atom stereocenters. The number of aryl methyl sites for hydroxylation is 3. The average molecular weight is 929 g/mol. The highest BCUT2D eigenvalue weighted by Gasteiger charge is 2.45. The third-order valence-corrected chi connectivity index (χ3v) is 14.3. The predicted molar refractivity (Wildman–Crippen MR) is 252 cm³/mol. The van der Waals surface area contributed by atoms with Crippen molar-refractivity contribution < 1.29 is 29.0 Å². The molecule has 6 heterocycles. The first-order valence-corrected chi connectivity index (χ1v) is 23.3. The van der Waals surface area contributed by atoms with Gasteiger partial charge in [-0.2, -0.15) is 0 Å². The summed E-state index contributed by atoms with van der Waals surface area (Å²) in [5.41, 5.74) is 8.46. The van der Waals surface area contributed by atoms with Crippen LogP contribution in [0.4, 0.5) is 0 Å². The van der Waals surface area contributed by atoms with Gasteiger partial charge in [-0.1, -0.05) is 69.3 Å². The second-order valence-electron chi connectivity index (χ2n) is 17.8. The number of ether oxygens (including phenoxy) is 1. The van der Waals surface area contributed by atoms with Gasteiger partial charge in [-0.25, -0.2) is 9.97 Å². The fourth-order valence-electron chi connectivity index (χ4n) is 8.40. The van der Waals surface area contributed by atoms with Gasteiger partial charge >= 0.3 is 5.97 Å². The molecule has 0 aliphatic carbocycles. The normalized spacial score (nSPS) is 17.8. The molecule has 1 fully saturated rings. The van der Waals surface area contributed by atoms with E-state index in [1.807, 2.05) is 100 Å². The Bertz CT molecular complexity index is 2860. The van der Waals surface area contributed by atoms with Crippen LogP contribution in [0, 0.1) is 33.1 Å². The number of aliphatic imine (C=N–C) groups is 1. The minimum Gasteiger partial charge on any atom is -0.469 e. The number of methoxy groups -OCH3 is 1. The lowest BCUT2D eigenvalue weighted by molar-refractivity contribution is -0.142. The quantitative estimate of drug-likeness (QED) is 0.118. The first-order chi connectivity index (χ1) is 31.4. The second kappa shape index (κ2) is 18.4. The molecule has 0 saturated carbocycles. The van der Waals surface area contributed by atoms with E-state index in [4.69, 9.17) is 9.73 Å². The number of nitrogens with zero attached hydrogens (tertiary/aromatic N) is 8. The molecule has 18 heteroatoms. The van der Waals surface area contributed by atoms with Gasteiger partial charge in [-0.15, -0.1) is 32.9 Å². The van der Waals surface area contributed by atoms with E-state index in [0.717, 1.165) is 48.3 Å². The Morgan fingerprint density at radius 1 is 0.939 bits per heavy atom. The Morgan fingerprint density at radius 3 is 2.30 bits per heavy atom. The van der Waals surface area contributed by atoms with E-state index in [9.17, 15) is 24.3 Å². The van der Waals surface area contributed by atoms with Crippen LogP contribution in [0.1, 0.15) is 108 Å². The maximum absolute atomic E-state index is 14.4. The summed E-state index contributed by atoms with van der Waals surface area (Å²) in [6.45, 7) is 15.2. The summed E-state index contributed by atoms with van der Waals surface area (Å²) in [7, 11) is 1.35. The first-order valence-electron chi connectivity index (χ1n) is 21.6. The smallest absolute Gasteiger partial charge is 0.308 e. The van der Waals surface area contributed by atoms with E-state index in [1.54, 1.807) is 28.9 Å². The highest BCUT2D eigenvalue weighted by Crippen LogP contribution is 2.40. The van der Waals surface area contributed by atoms with Crippen molar-refractivity contribution in [2.75, 3.05) is 13.7 Å². The van der Waals surface area contributed by atoms with Crippen molar-refractivity contribution in [1.82, 2.24) is 45.2 Å². The van der Waals surface area contributed by atoms with Gasteiger partial charge in [0.15, 0.2) is 5.82 Å². The van der Waals surface area contributed by atoms with E-state index in [0.29, 0.717) is 28.6 Å². The van der Waals surface area contributed by atoms with Crippen LogP contribution in [-0.4, -0.2) is 101 Å². The molecular formula is C48H52N10O6S2. The number of nitrogens with one attached hydrogen (secondary N) is 2. The number of aliphatic hydroxyl groups excluding tert-OH is 1. The number of likely N-dealkylation sites (tertiary alicyclic amines) is 1. The number of esters is 1. The van der Waals surface area contributed by atoms with Gasteiger partial charge in [0.25, 0.3) is 5.91 Å². The minimum absolute atomic E-state index is 0.00840. The summed E-state index contributed by atoms with van der Waals surface area (Å²) in [5, 5.41) is 26.4. The molecule has 16 nitrogen and oxygen atoms in total. The molecule has 3 amide bonds. The number of carbonyl (C=O) groups excluding carboxylic acids is 4. The fourth-order valence-corrected chi connectivity index (χ4v) is 10.4. The minimum atomic E-state index is -1.08. The molecule has 2 aliphatic rings. The second-order valence-corrected chi connectivity index (χ2v) is 19.9. The van der Waals surface area contributed by atoms with Crippen LogP contribution in [0.2, 0.25) is 0 Å². The number of benzene rings is 2. The maximum atomic E-state index is 14.4. The van der Waals surface area contributed by atoms with Gasteiger partial charge in [0.1, 0.15) is 34.6 Å². The van der Waals surface area contributed by atoms with Crippen molar-refractivity contribution in [3.8, 4) is 26.7 Å². The molecule has 8 rings (SSSR count). The molecule has 0 bridgehead atoms. The van der Waals surface area contributed by atoms with E-state index in [-0.39, 0.29) is 31.1 Å². The van der Waals surface area contributed by atoms with Gasteiger partial charge in [-0.3, -0.25) is 33.7 Å². The number of β-amino-alcohol motifs (C(OH)–C–C–N with tert-alkyl or cyclic N) is 1. The van der Waals surface area contributed by atoms with Crippen molar-refractivity contribution >= 4 is 52.1 Å². The molecule has 1 saturated heterocycles. The van der Waals surface area contributed by atoms with Gasteiger partial charge in [0, 0.05) is 34.5 Å². The first kappa shape index (κ1) is 46.0. The van der Waals surface area contributed by atoms with E-state index < -0.39 is 53.3 Å². The number of fused-ring (bicyclic) bond motifs is 3. The van der Waals surface area contributed by atoms with E-state index in [1.165, 1.54) is 18.2 Å². The monoisotopic (exact) mass is 928 g/mol. The number of thiophene rings is 1. The van der Waals surface area contributed by atoms with E-state index >= 15 is 0 Å². The zero-order chi connectivity index (χ0) is 47.2. The van der Waals surface area contributed by atoms with Crippen molar-refractivity contribution in [2.45, 2.75) is 98.5 Å². The number of aromatic nitrogens is 6. The van der Waals surface area contributed by atoms with Crippen LogP contribution in [0.5, 0.6) is 0 Å². The van der Waals surface area contributed by atoms with Crippen LogP contribution < -0.4 is 10.6 Å². The zero-order valence-electron chi connectivity index (χ0n) is 38.2. The highest BCUT2D eigenvalue weighted by atomic mass is 32.1. The van der Waals surface area contributed by atoms with Gasteiger partial charge in [0.2, 0.25) is 11.8 Å². The summed E-state index contributed by atoms with van der Waals surface area (Å²) in [4.78, 5) is 76.9. The summed E-state index contributed by atoms with van der Waals surface area (Å²) in [5.74, 6) is -0.690.